The molecule has 0 radical (unpaired) electrons. The van der Waals surface area contributed by atoms with Gasteiger partial charge in [0.15, 0.2) is 0 Å². The van der Waals surface area contributed by atoms with Crippen molar-refractivity contribution in [2.75, 3.05) is 11.9 Å². The zero-order chi connectivity index (χ0) is 22.8. The molecular formula is C25H37N3O3. The van der Waals surface area contributed by atoms with E-state index in [2.05, 4.69) is 33.0 Å². The van der Waals surface area contributed by atoms with Gasteiger partial charge in [0, 0.05) is 18.0 Å². The molecule has 170 valence electrons. The number of nitrogens with zero attached hydrogens (tertiary/aromatic N) is 2. The summed E-state index contributed by atoms with van der Waals surface area (Å²) < 4.78 is 0. The SMILES string of the molecule is CCCCC(O)C(CC1CC1)C(=O)N[C@H]1N=C(C(C)(C)C)c2ccccc2N(C)C1=O. The lowest BCUT2D eigenvalue weighted by atomic mass is 9.85. The van der Waals surface area contributed by atoms with Crippen LogP contribution in [0.4, 0.5) is 5.69 Å². The number of anilines is 1. The van der Waals surface area contributed by atoms with Crippen LogP contribution in [0, 0.1) is 17.3 Å². The lowest BCUT2D eigenvalue weighted by Crippen LogP contribution is -2.49. The van der Waals surface area contributed by atoms with Crippen molar-refractivity contribution in [3.8, 4) is 0 Å². The summed E-state index contributed by atoms with van der Waals surface area (Å²) in [6.07, 6.45) is 3.64. The number of aliphatic hydroxyl groups is 1. The number of unbranched alkanes of at least 4 members (excludes halogenated alkanes) is 1. The predicted molar refractivity (Wildman–Crippen MR) is 124 cm³/mol. The van der Waals surface area contributed by atoms with Gasteiger partial charge in [0.25, 0.3) is 5.91 Å². The van der Waals surface area contributed by atoms with Crippen molar-refractivity contribution in [1.29, 1.82) is 0 Å². The zero-order valence-corrected chi connectivity index (χ0v) is 19.5. The van der Waals surface area contributed by atoms with E-state index >= 15 is 0 Å². The summed E-state index contributed by atoms with van der Waals surface area (Å²) in [6.45, 7) is 8.24. The summed E-state index contributed by atoms with van der Waals surface area (Å²) in [7, 11) is 1.72. The molecular weight excluding hydrogens is 390 g/mol. The number of amides is 2. The molecule has 2 aliphatic rings. The largest absolute Gasteiger partial charge is 0.392 e. The minimum Gasteiger partial charge on any atom is -0.392 e. The molecule has 1 saturated carbocycles. The maximum Gasteiger partial charge on any atom is 0.272 e. The fraction of sp³-hybridized carbons (Fsp3) is 0.640. The number of likely N-dealkylation sites (N-methyl/N-ethyl adjacent to an activating group) is 1. The summed E-state index contributed by atoms with van der Waals surface area (Å²) in [5.41, 5.74) is 2.17. The minimum atomic E-state index is -1.00. The Morgan fingerprint density at radius 3 is 2.58 bits per heavy atom. The van der Waals surface area contributed by atoms with Gasteiger partial charge in [-0.25, -0.2) is 0 Å². The highest BCUT2D eigenvalue weighted by Gasteiger charge is 2.38. The van der Waals surface area contributed by atoms with Crippen LogP contribution >= 0.6 is 0 Å². The van der Waals surface area contributed by atoms with Gasteiger partial charge in [0.2, 0.25) is 12.1 Å². The number of para-hydroxylation sites is 1. The molecule has 2 amide bonds. The monoisotopic (exact) mass is 427 g/mol. The summed E-state index contributed by atoms with van der Waals surface area (Å²) in [4.78, 5) is 32.9. The molecule has 0 bridgehead atoms. The van der Waals surface area contributed by atoms with E-state index in [0.29, 0.717) is 18.8 Å². The molecule has 1 fully saturated rings. The van der Waals surface area contributed by atoms with Crippen LogP contribution in [0.25, 0.3) is 0 Å². The minimum absolute atomic E-state index is 0.270. The first-order chi connectivity index (χ1) is 14.6. The van der Waals surface area contributed by atoms with E-state index in [1.54, 1.807) is 11.9 Å². The van der Waals surface area contributed by atoms with E-state index in [1.165, 1.54) is 0 Å². The molecule has 1 heterocycles. The first kappa shape index (κ1) is 23.5. The van der Waals surface area contributed by atoms with Gasteiger partial charge < -0.3 is 15.3 Å². The summed E-state index contributed by atoms with van der Waals surface area (Å²) >= 11 is 0. The second kappa shape index (κ2) is 9.51. The number of carbonyl (C=O) groups is 2. The lowest BCUT2D eigenvalue weighted by Gasteiger charge is -2.26. The molecule has 31 heavy (non-hydrogen) atoms. The average molecular weight is 428 g/mol. The van der Waals surface area contributed by atoms with Crippen molar-refractivity contribution < 1.29 is 14.7 Å². The van der Waals surface area contributed by atoms with Crippen molar-refractivity contribution in [2.45, 2.75) is 78.5 Å². The van der Waals surface area contributed by atoms with Crippen molar-refractivity contribution in [3.63, 3.8) is 0 Å². The molecule has 1 aromatic rings. The molecule has 6 heteroatoms. The topological polar surface area (TPSA) is 82.0 Å². The Morgan fingerprint density at radius 2 is 1.97 bits per heavy atom. The molecule has 0 saturated heterocycles. The Kier molecular flexibility index (Phi) is 7.20. The predicted octanol–water partition coefficient (Wildman–Crippen LogP) is 3.91. The van der Waals surface area contributed by atoms with Gasteiger partial charge in [0.05, 0.1) is 23.4 Å². The molecule has 1 aliphatic heterocycles. The van der Waals surface area contributed by atoms with E-state index in [4.69, 9.17) is 4.99 Å². The van der Waals surface area contributed by atoms with Crippen molar-refractivity contribution in [2.24, 2.45) is 22.2 Å². The fourth-order valence-electron chi connectivity index (χ4n) is 4.22. The van der Waals surface area contributed by atoms with E-state index in [0.717, 1.165) is 42.6 Å². The normalized spacial score (nSPS) is 21.1. The summed E-state index contributed by atoms with van der Waals surface area (Å²) in [5, 5.41) is 13.6. The number of fused-ring (bicyclic) bond motifs is 1. The second-order valence-corrected chi connectivity index (χ2v) is 10.0. The summed E-state index contributed by atoms with van der Waals surface area (Å²) in [6, 6.07) is 7.71. The van der Waals surface area contributed by atoms with Crippen LogP contribution in [0.15, 0.2) is 29.3 Å². The Morgan fingerprint density at radius 1 is 1.29 bits per heavy atom. The van der Waals surface area contributed by atoms with E-state index in [-0.39, 0.29) is 17.2 Å². The van der Waals surface area contributed by atoms with Crippen molar-refractivity contribution >= 4 is 23.2 Å². The summed E-state index contributed by atoms with van der Waals surface area (Å²) in [5.74, 6) is -0.549. The van der Waals surface area contributed by atoms with Crippen LogP contribution in [-0.4, -0.2) is 41.9 Å². The Labute approximate surface area is 186 Å². The van der Waals surface area contributed by atoms with Gasteiger partial charge in [-0.15, -0.1) is 0 Å². The molecule has 2 N–H and O–H groups in total. The van der Waals surface area contributed by atoms with E-state index < -0.39 is 18.2 Å². The van der Waals surface area contributed by atoms with Crippen molar-refractivity contribution in [3.05, 3.63) is 29.8 Å². The zero-order valence-electron chi connectivity index (χ0n) is 19.5. The quantitative estimate of drug-likeness (QED) is 0.660. The molecule has 0 aromatic heterocycles. The van der Waals surface area contributed by atoms with Gasteiger partial charge in [-0.1, -0.05) is 71.6 Å². The molecule has 1 aromatic carbocycles. The van der Waals surface area contributed by atoms with Crippen LogP contribution in [-0.2, 0) is 9.59 Å². The first-order valence-corrected chi connectivity index (χ1v) is 11.6. The third-order valence-electron chi connectivity index (χ3n) is 6.27. The first-order valence-electron chi connectivity index (χ1n) is 11.6. The standard InChI is InChI=1S/C25H37N3O3/c1-6-7-12-20(29)18(15-16-13-14-16)23(30)27-22-24(31)28(5)19-11-9-8-10-17(19)21(26-22)25(2,3)4/h8-11,16,18,20,22,29H,6-7,12-15H2,1-5H3,(H,27,30)/t18?,20?,22-/m1/s1. The number of aliphatic hydroxyl groups excluding tert-OH is 1. The molecule has 0 spiro atoms. The number of aliphatic imine (C=N–C) groups is 1. The molecule has 1 aliphatic carbocycles. The molecule has 3 rings (SSSR count). The highest BCUT2D eigenvalue weighted by molar-refractivity contribution is 6.14. The molecule has 6 nitrogen and oxygen atoms in total. The van der Waals surface area contributed by atoms with Crippen LogP contribution in [0.2, 0.25) is 0 Å². The second-order valence-electron chi connectivity index (χ2n) is 10.0. The maximum absolute atomic E-state index is 13.3. The van der Waals surface area contributed by atoms with E-state index in [1.807, 2.05) is 24.3 Å². The number of carbonyl (C=O) groups excluding carboxylic acids is 2. The van der Waals surface area contributed by atoms with Crippen LogP contribution in [0.5, 0.6) is 0 Å². The van der Waals surface area contributed by atoms with E-state index in [9.17, 15) is 14.7 Å². The van der Waals surface area contributed by atoms with Crippen LogP contribution in [0.1, 0.15) is 71.8 Å². The number of nitrogens with one attached hydrogen (secondary N) is 1. The lowest BCUT2D eigenvalue weighted by molar-refractivity contribution is -0.133. The van der Waals surface area contributed by atoms with Crippen LogP contribution in [0.3, 0.4) is 0 Å². The van der Waals surface area contributed by atoms with Gasteiger partial charge in [-0.2, -0.15) is 0 Å². The molecule has 2 unspecified atom stereocenters. The van der Waals surface area contributed by atoms with Gasteiger partial charge in [-0.05, 0) is 24.8 Å². The molecule has 3 atom stereocenters. The average Bonchev–Trinajstić information content (AvgIpc) is 3.55. The number of hydrogen-bond donors (Lipinski definition) is 2. The third kappa shape index (κ3) is 5.53. The number of rotatable bonds is 8. The Bertz CT molecular complexity index is 839. The number of benzene rings is 1. The smallest absolute Gasteiger partial charge is 0.272 e. The van der Waals surface area contributed by atoms with Gasteiger partial charge >= 0.3 is 0 Å². The maximum atomic E-state index is 13.3. The Balaban J connectivity index is 1.89. The Hall–Kier alpha value is -2.21. The highest BCUT2D eigenvalue weighted by atomic mass is 16.3. The third-order valence-corrected chi connectivity index (χ3v) is 6.27. The fourth-order valence-corrected chi connectivity index (χ4v) is 4.22. The van der Waals surface area contributed by atoms with Crippen molar-refractivity contribution in [1.82, 2.24) is 5.32 Å². The number of benzodiazepines with no additional fused rings is 1. The van der Waals surface area contributed by atoms with Gasteiger partial charge in [0.1, 0.15) is 0 Å². The van der Waals surface area contributed by atoms with Crippen LogP contribution < -0.4 is 10.2 Å². The number of hydrogen-bond acceptors (Lipinski definition) is 4. The highest BCUT2D eigenvalue weighted by Crippen LogP contribution is 2.37. The van der Waals surface area contributed by atoms with Gasteiger partial charge in [-0.3, -0.25) is 14.6 Å².